The molecule has 0 spiro atoms. The molecule has 7 atom stereocenters. The van der Waals surface area contributed by atoms with Gasteiger partial charge in [-0.25, -0.2) is 0 Å². The minimum Gasteiger partial charge on any atom is -0.462 e. The Labute approximate surface area is 230 Å². The van der Waals surface area contributed by atoms with Gasteiger partial charge in [-0.15, -0.1) is 0 Å². The highest BCUT2D eigenvalue weighted by Gasteiger charge is 2.58. The number of hydrogen-bond acceptors (Lipinski definition) is 2. The zero-order valence-corrected chi connectivity index (χ0v) is 25.3. The molecule has 0 bridgehead atoms. The first-order chi connectivity index (χ1) is 17.8. The summed E-state index contributed by atoms with van der Waals surface area (Å²) in [5.74, 6) is 4.54. The summed E-state index contributed by atoms with van der Waals surface area (Å²) in [5, 5.41) is 0. The summed E-state index contributed by atoms with van der Waals surface area (Å²) in [5.41, 5.74) is 2.58. The molecule has 2 nitrogen and oxygen atoms in total. The molecule has 4 aliphatic rings. The van der Waals surface area contributed by atoms with E-state index in [1.165, 1.54) is 96.3 Å². The van der Waals surface area contributed by atoms with Crippen LogP contribution in [0.15, 0.2) is 11.6 Å². The van der Waals surface area contributed by atoms with Crippen molar-refractivity contribution < 1.29 is 9.53 Å². The molecule has 212 valence electrons. The number of hydrogen-bond donors (Lipinski definition) is 0. The molecule has 37 heavy (non-hydrogen) atoms. The van der Waals surface area contributed by atoms with Crippen molar-refractivity contribution in [2.24, 2.45) is 40.4 Å². The molecule has 3 fully saturated rings. The van der Waals surface area contributed by atoms with E-state index in [1.807, 2.05) is 0 Å². The van der Waals surface area contributed by atoms with Gasteiger partial charge in [0.05, 0.1) is 0 Å². The van der Waals surface area contributed by atoms with E-state index in [0.29, 0.717) is 17.3 Å². The molecule has 0 heterocycles. The number of carbonyl (C=O) groups excluding carboxylic acids is 1. The third kappa shape index (κ3) is 6.69. The zero-order chi connectivity index (χ0) is 26.5. The van der Waals surface area contributed by atoms with E-state index in [0.717, 1.165) is 48.9 Å². The van der Waals surface area contributed by atoms with Crippen molar-refractivity contribution in [3.63, 3.8) is 0 Å². The quantitative estimate of drug-likeness (QED) is 0.139. The van der Waals surface area contributed by atoms with Gasteiger partial charge in [0.25, 0.3) is 0 Å². The molecule has 0 saturated heterocycles. The van der Waals surface area contributed by atoms with Gasteiger partial charge in [0.2, 0.25) is 0 Å². The van der Waals surface area contributed by atoms with Crippen LogP contribution in [0.25, 0.3) is 0 Å². The highest BCUT2D eigenvalue weighted by Crippen LogP contribution is 2.66. The molecule has 0 aromatic carbocycles. The number of allylic oxidation sites excluding steroid dienone is 1. The summed E-state index contributed by atoms with van der Waals surface area (Å²) in [6.07, 6.45) is 26.9. The number of fused-ring (bicyclic) bond motifs is 5. The van der Waals surface area contributed by atoms with Gasteiger partial charge in [-0.2, -0.15) is 0 Å². The average molecular weight is 513 g/mol. The van der Waals surface area contributed by atoms with Crippen LogP contribution in [0.4, 0.5) is 0 Å². The minimum atomic E-state index is 0.0530. The van der Waals surface area contributed by atoms with Crippen LogP contribution in [0.2, 0.25) is 0 Å². The number of rotatable bonds is 13. The van der Waals surface area contributed by atoms with Gasteiger partial charge in [0.15, 0.2) is 0 Å². The normalized spacial score (nSPS) is 37.0. The second-order valence-corrected chi connectivity index (χ2v) is 14.6. The molecular weight excluding hydrogens is 452 g/mol. The van der Waals surface area contributed by atoms with E-state index in [4.69, 9.17) is 4.74 Å². The Bertz CT molecular complexity index is 767. The summed E-state index contributed by atoms with van der Waals surface area (Å²) >= 11 is 0. The Morgan fingerprint density at radius 3 is 2.51 bits per heavy atom. The predicted octanol–water partition coefficient (Wildman–Crippen LogP) is 10.4. The van der Waals surface area contributed by atoms with Crippen molar-refractivity contribution in [3.8, 4) is 0 Å². The lowest BCUT2D eigenvalue weighted by Gasteiger charge is -2.58. The smallest absolute Gasteiger partial charge is 0.306 e. The summed E-state index contributed by atoms with van der Waals surface area (Å²) in [7, 11) is 0. The Morgan fingerprint density at radius 2 is 1.73 bits per heavy atom. The molecule has 0 aromatic rings. The van der Waals surface area contributed by atoms with Crippen LogP contribution in [-0.4, -0.2) is 12.1 Å². The Kier molecular flexibility index (Phi) is 10.3. The maximum Gasteiger partial charge on any atom is 0.306 e. The third-order valence-corrected chi connectivity index (χ3v) is 11.9. The van der Waals surface area contributed by atoms with Gasteiger partial charge < -0.3 is 4.74 Å². The van der Waals surface area contributed by atoms with Gasteiger partial charge in [-0.1, -0.05) is 97.6 Å². The van der Waals surface area contributed by atoms with Crippen molar-refractivity contribution in [1.29, 1.82) is 0 Å². The Morgan fingerprint density at radius 1 is 0.946 bits per heavy atom. The second kappa shape index (κ2) is 13.0. The van der Waals surface area contributed by atoms with Crippen molar-refractivity contribution in [1.82, 2.24) is 0 Å². The predicted molar refractivity (Wildman–Crippen MR) is 156 cm³/mol. The van der Waals surface area contributed by atoms with Crippen LogP contribution < -0.4 is 0 Å². The second-order valence-electron chi connectivity index (χ2n) is 14.6. The SMILES string of the molecule is CCCCCCCCC(=O)O[C@H]1CC[C@@]2(C)C(=CC[C@@H]3C2CC[C@@]2(C)C3CC[C@@H]2CCCCC(C)C)C1. The standard InChI is InChI=1S/C35H60O2/c1-6-7-8-9-10-11-16-33(36)37-29-21-23-35(5)28(25-29)17-19-30-31-20-18-27(15-13-12-14-26(2)3)34(31,4)24-22-32(30)35/h17,26-27,29-32H,6-16,18-25H2,1-5H3/t27-,29-,30-,31?,32?,34+,35-/m0/s1. The van der Waals surface area contributed by atoms with E-state index >= 15 is 0 Å². The Balaban J connectivity index is 1.29. The van der Waals surface area contributed by atoms with Gasteiger partial charge in [-0.3, -0.25) is 4.79 Å². The molecule has 0 N–H and O–H groups in total. The lowest BCUT2D eigenvalue weighted by atomic mass is 9.47. The first-order valence-electron chi connectivity index (χ1n) is 16.7. The monoisotopic (exact) mass is 512 g/mol. The molecular formula is C35H60O2. The van der Waals surface area contributed by atoms with Crippen LogP contribution >= 0.6 is 0 Å². The summed E-state index contributed by atoms with van der Waals surface area (Å²) in [4.78, 5) is 12.5. The van der Waals surface area contributed by atoms with Crippen LogP contribution in [0.1, 0.15) is 157 Å². The van der Waals surface area contributed by atoms with Crippen molar-refractivity contribution in [2.45, 2.75) is 163 Å². The number of ether oxygens (including phenoxy) is 1. The topological polar surface area (TPSA) is 26.3 Å². The van der Waals surface area contributed by atoms with Crippen LogP contribution in [-0.2, 0) is 9.53 Å². The molecule has 0 amide bonds. The first-order valence-corrected chi connectivity index (χ1v) is 16.7. The minimum absolute atomic E-state index is 0.0530. The fraction of sp³-hybridized carbons (Fsp3) is 0.914. The van der Waals surface area contributed by atoms with Crippen LogP contribution in [0, 0.1) is 40.4 Å². The lowest BCUT2D eigenvalue weighted by Crippen LogP contribution is -2.50. The van der Waals surface area contributed by atoms with Crippen molar-refractivity contribution in [2.75, 3.05) is 0 Å². The van der Waals surface area contributed by atoms with E-state index in [2.05, 4.69) is 40.7 Å². The average Bonchev–Trinajstić information content (AvgIpc) is 3.20. The number of esters is 1. The number of unbranched alkanes of at least 4 members (excludes halogenated alkanes) is 6. The summed E-state index contributed by atoms with van der Waals surface area (Å²) < 4.78 is 6.03. The molecule has 4 aliphatic carbocycles. The lowest BCUT2D eigenvalue weighted by molar-refractivity contribution is -0.151. The zero-order valence-electron chi connectivity index (χ0n) is 25.3. The van der Waals surface area contributed by atoms with E-state index in [9.17, 15) is 4.79 Å². The largest absolute Gasteiger partial charge is 0.462 e. The van der Waals surface area contributed by atoms with E-state index in [-0.39, 0.29) is 12.1 Å². The molecule has 3 saturated carbocycles. The Hall–Kier alpha value is -0.790. The highest BCUT2D eigenvalue weighted by molar-refractivity contribution is 5.69. The summed E-state index contributed by atoms with van der Waals surface area (Å²) in [6, 6.07) is 0. The van der Waals surface area contributed by atoms with Gasteiger partial charge in [0, 0.05) is 12.8 Å². The van der Waals surface area contributed by atoms with E-state index < -0.39 is 0 Å². The first kappa shape index (κ1) is 29.2. The fourth-order valence-electron chi connectivity index (χ4n) is 9.55. The molecule has 2 unspecified atom stereocenters. The maximum absolute atomic E-state index is 12.5. The fourth-order valence-corrected chi connectivity index (χ4v) is 9.55. The maximum atomic E-state index is 12.5. The number of carbonyl (C=O) groups is 1. The van der Waals surface area contributed by atoms with E-state index in [1.54, 1.807) is 5.57 Å². The van der Waals surface area contributed by atoms with Gasteiger partial charge >= 0.3 is 5.97 Å². The molecule has 2 heteroatoms. The summed E-state index contributed by atoms with van der Waals surface area (Å²) in [6.45, 7) is 12.3. The van der Waals surface area contributed by atoms with Gasteiger partial charge in [-0.05, 0) is 98.2 Å². The third-order valence-electron chi connectivity index (χ3n) is 11.9. The van der Waals surface area contributed by atoms with Crippen molar-refractivity contribution >= 4 is 5.97 Å². The van der Waals surface area contributed by atoms with Crippen LogP contribution in [0.5, 0.6) is 0 Å². The molecule has 4 rings (SSSR count). The van der Waals surface area contributed by atoms with Gasteiger partial charge in [0.1, 0.15) is 6.10 Å². The highest BCUT2D eigenvalue weighted by atomic mass is 16.5. The van der Waals surface area contributed by atoms with Crippen molar-refractivity contribution in [3.05, 3.63) is 11.6 Å². The molecule has 0 radical (unpaired) electrons. The molecule has 0 aromatic heterocycles. The van der Waals surface area contributed by atoms with Crippen LogP contribution in [0.3, 0.4) is 0 Å². The molecule has 0 aliphatic heterocycles.